The molecule has 6 rings (SSSR count). The molecule has 3 heteroatoms. The average Bonchev–Trinajstić information content (AvgIpc) is 3.51. The van der Waals surface area contributed by atoms with Crippen LogP contribution in [0.15, 0.2) is 78.9 Å². The zero-order valence-electron chi connectivity index (χ0n) is 32.9. The van der Waals surface area contributed by atoms with Crippen LogP contribution in [-0.4, -0.2) is 16.6 Å². The van der Waals surface area contributed by atoms with Gasteiger partial charge in [-0.2, -0.15) is 12.1 Å². The van der Waals surface area contributed by atoms with Crippen molar-refractivity contribution in [1.82, 2.24) is 0 Å². The maximum atomic E-state index is 5.95. The Morgan fingerprint density at radius 1 is 0.551 bits per heavy atom. The van der Waals surface area contributed by atoms with Gasteiger partial charge < -0.3 is 19.6 Å². The number of fused-ring (bicyclic) bond motifs is 2. The normalized spacial score (nSPS) is 10.6. The summed E-state index contributed by atoms with van der Waals surface area (Å²) in [6.07, 6.45) is 0. The van der Waals surface area contributed by atoms with Crippen molar-refractivity contribution in [3.63, 3.8) is 0 Å². The van der Waals surface area contributed by atoms with E-state index in [1.165, 1.54) is 88.3 Å². The molecule has 1 nitrogen and oxygen atoms in total. The van der Waals surface area contributed by atoms with E-state index >= 15 is 0 Å². The van der Waals surface area contributed by atoms with Gasteiger partial charge in [-0.3, -0.25) is 0 Å². The van der Waals surface area contributed by atoms with Crippen LogP contribution in [0.4, 0.5) is 0 Å². The van der Waals surface area contributed by atoms with Gasteiger partial charge in [0.1, 0.15) is 5.75 Å². The zero-order chi connectivity index (χ0) is 33.9. The van der Waals surface area contributed by atoms with Gasteiger partial charge in [0.05, 0.1) is 7.11 Å². The van der Waals surface area contributed by atoms with E-state index < -0.39 is 0 Å². The zero-order valence-corrected chi connectivity index (χ0v) is 36.4. The number of aryl methyl sites for hydroxylation is 7. The van der Waals surface area contributed by atoms with Crippen molar-refractivity contribution in [3.8, 4) is 28.0 Å². The van der Waals surface area contributed by atoms with E-state index in [-0.39, 0.29) is 46.5 Å². The molecular weight excluding hydrogens is 688 g/mol. The maximum absolute atomic E-state index is 5.95. The number of benzene rings is 4. The van der Waals surface area contributed by atoms with E-state index in [1.807, 2.05) is 0 Å². The molecule has 0 bridgehead atoms. The SMILES string of the molecule is COc1c(C(C)(C)C)cc2[cH-]c(C)cc2c1-c1cc(C)cc(C)c1.C[Si]C.Cc1cc(C)cc(-c2cc(C)cc3[cH-]c(C)cc23)c1.[CH3-].[CH3-].[Zr+4]. The molecule has 49 heavy (non-hydrogen) atoms. The number of hydrogen-bond donors (Lipinski definition) is 0. The molecular formula is C46H58OSiZr. The van der Waals surface area contributed by atoms with E-state index in [2.05, 4.69) is 161 Å². The Hall–Kier alpha value is -3.00. The Kier molecular flexibility index (Phi) is 16.4. The first-order chi connectivity index (χ1) is 21.6. The molecule has 6 aromatic rings. The minimum Gasteiger partial charge on any atom is -0.498 e. The van der Waals surface area contributed by atoms with Crippen LogP contribution in [0.25, 0.3) is 43.8 Å². The summed E-state index contributed by atoms with van der Waals surface area (Å²) >= 11 is 0. The smallest absolute Gasteiger partial charge is 0.498 e. The van der Waals surface area contributed by atoms with Crippen molar-refractivity contribution in [2.45, 2.75) is 87.7 Å². The summed E-state index contributed by atoms with van der Waals surface area (Å²) in [7, 11) is 2.87. The van der Waals surface area contributed by atoms with Gasteiger partial charge in [0.2, 0.25) is 0 Å². The van der Waals surface area contributed by atoms with Crippen LogP contribution in [-0.2, 0) is 31.6 Å². The topological polar surface area (TPSA) is 9.23 Å². The third-order valence-corrected chi connectivity index (χ3v) is 8.27. The van der Waals surface area contributed by atoms with Crippen LogP contribution in [0.5, 0.6) is 5.75 Å². The number of hydrogen-bond acceptors (Lipinski definition) is 1. The summed E-state index contributed by atoms with van der Waals surface area (Å²) in [5.74, 6) is 1.01. The molecule has 0 fully saturated rings. The van der Waals surface area contributed by atoms with Crippen LogP contribution in [0.3, 0.4) is 0 Å². The minimum atomic E-state index is 0. The summed E-state index contributed by atoms with van der Waals surface area (Å²) < 4.78 is 5.95. The van der Waals surface area contributed by atoms with Crippen LogP contribution in [0, 0.1) is 63.3 Å². The first kappa shape index (κ1) is 44.0. The Balaban J connectivity index is 0.000000437. The van der Waals surface area contributed by atoms with Gasteiger partial charge in [-0.1, -0.05) is 124 Å². The van der Waals surface area contributed by atoms with Crippen molar-refractivity contribution in [3.05, 3.63) is 138 Å². The fraction of sp³-hybridized carbons (Fsp3) is 0.304. The molecule has 6 aromatic carbocycles. The number of methoxy groups -OCH3 is 1. The fourth-order valence-electron chi connectivity index (χ4n) is 6.65. The van der Waals surface area contributed by atoms with Gasteiger partial charge in [0.25, 0.3) is 0 Å². The van der Waals surface area contributed by atoms with Crippen molar-refractivity contribution in [2.24, 2.45) is 0 Å². The van der Waals surface area contributed by atoms with E-state index in [4.69, 9.17) is 4.74 Å². The Morgan fingerprint density at radius 3 is 1.41 bits per heavy atom. The van der Waals surface area contributed by atoms with Gasteiger partial charge in [-0.25, -0.2) is 0 Å². The first-order valence-electron chi connectivity index (χ1n) is 16.4. The van der Waals surface area contributed by atoms with Crippen LogP contribution in [0.2, 0.25) is 13.1 Å². The van der Waals surface area contributed by atoms with E-state index in [1.54, 1.807) is 7.11 Å². The van der Waals surface area contributed by atoms with Crippen LogP contribution >= 0.6 is 0 Å². The summed E-state index contributed by atoms with van der Waals surface area (Å²) in [5.41, 5.74) is 15.6. The summed E-state index contributed by atoms with van der Waals surface area (Å²) in [6.45, 7) is 26.2. The van der Waals surface area contributed by atoms with Crippen LogP contribution < -0.4 is 4.74 Å². The number of rotatable bonds is 3. The second kappa shape index (κ2) is 18.3. The molecule has 0 heterocycles. The largest absolute Gasteiger partial charge is 4.00 e. The molecule has 0 aliphatic carbocycles. The van der Waals surface area contributed by atoms with Crippen molar-refractivity contribution in [2.75, 3.05) is 7.11 Å². The van der Waals surface area contributed by atoms with Crippen LogP contribution in [0.1, 0.15) is 65.3 Å². The molecule has 2 radical (unpaired) electrons. The van der Waals surface area contributed by atoms with Crippen molar-refractivity contribution in [1.29, 1.82) is 0 Å². The average molecular weight is 746 g/mol. The molecule has 0 aromatic heterocycles. The summed E-state index contributed by atoms with van der Waals surface area (Å²) in [5, 5.41) is 5.30. The Labute approximate surface area is 321 Å². The molecule has 0 amide bonds. The van der Waals surface area contributed by atoms with Gasteiger partial charge >= 0.3 is 26.2 Å². The third-order valence-electron chi connectivity index (χ3n) is 8.27. The Bertz CT molecular complexity index is 1940. The number of ether oxygens (including phenoxy) is 1. The van der Waals surface area contributed by atoms with E-state index in [0.717, 1.165) is 15.3 Å². The predicted molar refractivity (Wildman–Crippen MR) is 219 cm³/mol. The quantitative estimate of drug-likeness (QED) is 0.129. The second-order valence-electron chi connectivity index (χ2n) is 14.2. The predicted octanol–water partition coefficient (Wildman–Crippen LogP) is 13.6. The van der Waals surface area contributed by atoms with E-state index in [9.17, 15) is 0 Å². The molecule has 0 aliphatic heterocycles. The van der Waals surface area contributed by atoms with E-state index in [0.29, 0.717) is 0 Å². The van der Waals surface area contributed by atoms with Crippen molar-refractivity contribution >= 4 is 31.1 Å². The van der Waals surface area contributed by atoms with Gasteiger partial charge in [-0.05, 0) is 62.3 Å². The molecule has 0 spiro atoms. The summed E-state index contributed by atoms with van der Waals surface area (Å²) in [4.78, 5) is 0. The monoisotopic (exact) mass is 744 g/mol. The van der Waals surface area contributed by atoms with Gasteiger partial charge in [0.15, 0.2) is 0 Å². The Morgan fingerprint density at radius 2 is 0.959 bits per heavy atom. The second-order valence-corrected chi connectivity index (χ2v) is 15.2. The van der Waals surface area contributed by atoms with Crippen molar-refractivity contribution < 1.29 is 30.9 Å². The molecule has 0 saturated carbocycles. The molecule has 0 N–H and O–H groups in total. The molecule has 0 unspecified atom stereocenters. The summed E-state index contributed by atoms with van der Waals surface area (Å²) in [6, 6.07) is 29.5. The minimum absolute atomic E-state index is 0. The first-order valence-corrected chi connectivity index (χ1v) is 18.4. The third kappa shape index (κ3) is 10.5. The molecule has 0 atom stereocenters. The fourth-order valence-corrected chi connectivity index (χ4v) is 6.65. The molecule has 0 aliphatic rings. The van der Waals surface area contributed by atoms with Gasteiger partial charge in [-0.15, -0.1) is 56.9 Å². The maximum Gasteiger partial charge on any atom is 4.00 e. The molecule has 0 saturated heterocycles. The standard InChI is InChI=1S/C23H27O.C19H19.C2H6Si.2CH3.Zr/c1-14-8-15(2)11-18(10-14)21-19-12-16(3)9-17(19)13-20(22(21)24-7)23(4,5)6;1-12-5-13(2)7-16(6-12)18-10-14(3)8-17-9-15(4)11-19(17)18;1-3-2;;;/h8-13H,1-7H3;5-11H,1-4H3;1-2H3;2*1H3;/q2*-1;;2*-1;+4. The van der Waals surface area contributed by atoms with Gasteiger partial charge in [0, 0.05) is 9.52 Å². The molecule has 256 valence electrons.